The number of fused-ring (bicyclic) bond motifs is 1. The fourth-order valence-electron chi connectivity index (χ4n) is 4.93. The number of hydrogen-bond acceptors (Lipinski definition) is 4. The van der Waals surface area contributed by atoms with Gasteiger partial charge in [-0.15, -0.1) is 0 Å². The second-order valence-corrected chi connectivity index (χ2v) is 8.92. The Bertz CT molecular complexity index is 1290. The van der Waals surface area contributed by atoms with Crippen LogP contribution in [0.1, 0.15) is 55.5 Å². The van der Waals surface area contributed by atoms with Gasteiger partial charge in [-0.1, -0.05) is 55.5 Å². The van der Waals surface area contributed by atoms with Crippen LogP contribution in [-0.2, 0) is 4.74 Å². The van der Waals surface area contributed by atoms with Gasteiger partial charge >= 0.3 is 0 Å². The van der Waals surface area contributed by atoms with Crippen molar-refractivity contribution >= 4 is 22.0 Å². The predicted octanol–water partition coefficient (Wildman–Crippen LogP) is 6.44. The van der Waals surface area contributed by atoms with Crippen LogP contribution in [-0.4, -0.2) is 29.5 Å². The van der Waals surface area contributed by atoms with Crippen LogP contribution in [0.25, 0.3) is 22.0 Å². The second kappa shape index (κ2) is 10.9. The molecule has 5 rings (SSSR count). The van der Waals surface area contributed by atoms with E-state index in [0.29, 0.717) is 13.2 Å². The highest BCUT2D eigenvalue weighted by molar-refractivity contribution is 6.00. The second-order valence-electron chi connectivity index (χ2n) is 8.92. The minimum Gasteiger partial charge on any atom is -0.492 e. The van der Waals surface area contributed by atoms with E-state index in [9.17, 15) is 0 Å². The number of allylic oxidation sites excluding steroid dienone is 1. The largest absolute Gasteiger partial charge is 0.492 e. The first-order valence-electron chi connectivity index (χ1n) is 12.6. The van der Waals surface area contributed by atoms with Gasteiger partial charge in [-0.3, -0.25) is 0 Å². The van der Waals surface area contributed by atoms with Gasteiger partial charge in [0.05, 0.1) is 11.7 Å². The SMILES string of the molecule is CC/C(=C(/c1ccc(OCCN)cc1)c1ccc2c(cnn2C2CCCCO2)c1)c1ccccc1. The molecule has 0 saturated carbocycles. The van der Waals surface area contributed by atoms with Crippen molar-refractivity contribution in [2.24, 2.45) is 5.73 Å². The minimum absolute atomic E-state index is 0.0266. The molecule has 1 unspecified atom stereocenters. The fourth-order valence-corrected chi connectivity index (χ4v) is 4.93. The molecule has 0 spiro atoms. The molecule has 1 fully saturated rings. The van der Waals surface area contributed by atoms with Gasteiger partial charge in [0.15, 0.2) is 6.23 Å². The van der Waals surface area contributed by atoms with Gasteiger partial charge in [-0.25, -0.2) is 4.68 Å². The molecule has 1 saturated heterocycles. The highest BCUT2D eigenvalue weighted by Gasteiger charge is 2.20. The maximum atomic E-state index is 6.00. The van der Waals surface area contributed by atoms with Crippen molar-refractivity contribution in [1.82, 2.24) is 9.78 Å². The summed E-state index contributed by atoms with van der Waals surface area (Å²) in [6.45, 7) is 4.04. The lowest BCUT2D eigenvalue weighted by atomic mass is 9.88. The summed E-state index contributed by atoms with van der Waals surface area (Å²) in [5, 5.41) is 5.83. The lowest BCUT2D eigenvalue weighted by Crippen LogP contribution is -2.18. The number of ether oxygens (including phenoxy) is 2. The third-order valence-corrected chi connectivity index (χ3v) is 6.62. The molecule has 3 aromatic carbocycles. The summed E-state index contributed by atoms with van der Waals surface area (Å²) in [5.41, 5.74) is 12.8. The van der Waals surface area contributed by atoms with Crippen molar-refractivity contribution in [3.05, 3.63) is 95.7 Å². The lowest BCUT2D eigenvalue weighted by molar-refractivity contribution is -0.0366. The molecule has 2 N–H and O–H groups in total. The minimum atomic E-state index is 0.0266. The molecular weight excluding hydrogens is 434 g/mol. The molecule has 0 radical (unpaired) electrons. The first kappa shape index (κ1) is 23.3. The topological polar surface area (TPSA) is 62.3 Å². The van der Waals surface area contributed by atoms with Crippen molar-refractivity contribution in [1.29, 1.82) is 0 Å². The summed E-state index contributed by atoms with van der Waals surface area (Å²) in [4.78, 5) is 0. The van der Waals surface area contributed by atoms with Crippen LogP contribution in [0.15, 0.2) is 79.0 Å². The first-order chi connectivity index (χ1) is 17.3. The van der Waals surface area contributed by atoms with Gasteiger partial charge in [0.1, 0.15) is 12.4 Å². The molecule has 5 heteroatoms. The Morgan fingerprint density at radius 3 is 2.51 bits per heavy atom. The van der Waals surface area contributed by atoms with Crippen LogP contribution in [0, 0.1) is 0 Å². The highest BCUT2D eigenvalue weighted by Crippen LogP contribution is 2.37. The molecule has 2 heterocycles. The molecule has 1 aliphatic rings. The predicted molar refractivity (Wildman–Crippen MR) is 142 cm³/mol. The standard InChI is InChI=1S/C30H33N3O2/c1-2-27(22-8-4-3-5-9-22)30(23-11-14-26(15-12-23)34-19-17-31)24-13-16-28-25(20-24)21-32-33(28)29-10-6-7-18-35-29/h3-5,8-9,11-16,20-21,29H,2,6-7,10,17-19,31H2,1H3/b30-27+. The quantitative estimate of drug-likeness (QED) is 0.303. The molecule has 35 heavy (non-hydrogen) atoms. The van der Waals surface area contributed by atoms with Crippen LogP contribution >= 0.6 is 0 Å². The Balaban J connectivity index is 1.60. The molecule has 4 aromatic rings. The molecule has 1 atom stereocenters. The monoisotopic (exact) mass is 467 g/mol. The Kier molecular flexibility index (Phi) is 7.26. The van der Waals surface area contributed by atoms with Gasteiger partial charge in [-0.2, -0.15) is 5.10 Å². The summed E-state index contributed by atoms with van der Waals surface area (Å²) in [5.74, 6) is 0.834. The van der Waals surface area contributed by atoms with Gasteiger partial charge in [-0.05, 0) is 77.8 Å². The number of rotatable bonds is 8. The summed E-state index contributed by atoms with van der Waals surface area (Å²) in [6.07, 6.45) is 6.22. The summed E-state index contributed by atoms with van der Waals surface area (Å²) in [6, 6.07) is 25.6. The third-order valence-electron chi connectivity index (χ3n) is 6.62. The molecule has 0 amide bonds. The maximum absolute atomic E-state index is 6.00. The van der Waals surface area contributed by atoms with E-state index in [0.717, 1.165) is 48.1 Å². The first-order valence-corrected chi connectivity index (χ1v) is 12.6. The zero-order valence-electron chi connectivity index (χ0n) is 20.3. The Morgan fingerprint density at radius 1 is 1.00 bits per heavy atom. The van der Waals surface area contributed by atoms with Crippen molar-refractivity contribution in [2.75, 3.05) is 19.8 Å². The van der Waals surface area contributed by atoms with Crippen LogP contribution in [0.2, 0.25) is 0 Å². The van der Waals surface area contributed by atoms with E-state index in [4.69, 9.17) is 20.3 Å². The van der Waals surface area contributed by atoms with Gasteiger partial charge < -0.3 is 15.2 Å². The van der Waals surface area contributed by atoms with E-state index >= 15 is 0 Å². The Labute approximate surface area is 207 Å². The van der Waals surface area contributed by atoms with E-state index in [1.54, 1.807) is 0 Å². The maximum Gasteiger partial charge on any atom is 0.150 e. The molecular formula is C30H33N3O2. The van der Waals surface area contributed by atoms with Crippen LogP contribution in [0.4, 0.5) is 0 Å². The van der Waals surface area contributed by atoms with Crippen LogP contribution < -0.4 is 10.5 Å². The van der Waals surface area contributed by atoms with Crippen LogP contribution in [0.3, 0.4) is 0 Å². The van der Waals surface area contributed by atoms with Crippen LogP contribution in [0.5, 0.6) is 5.75 Å². The van der Waals surface area contributed by atoms with Crippen molar-refractivity contribution < 1.29 is 9.47 Å². The number of nitrogens with two attached hydrogens (primary N) is 1. The van der Waals surface area contributed by atoms with E-state index in [1.165, 1.54) is 28.7 Å². The third kappa shape index (κ3) is 5.02. The van der Waals surface area contributed by atoms with E-state index < -0.39 is 0 Å². The summed E-state index contributed by atoms with van der Waals surface area (Å²) in [7, 11) is 0. The zero-order valence-corrected chi connectivity index (χ0v) is 20.3. The number of benzene rings is 3. The van der Waals surface area contributed by atoms with Gasteiger partial charge in [0.25, 0.3) is 0 Å². The Hall–Kier alpha value is -3.41. The normalized spacial score (nSPS) is 16.8. The smallest absolute Gasteiger partial charge is 0.150 e. The molecule has 5 nitrogen and oxygen atoms in total. The van der Waals surface area contributed by atoms with Crippen molar-refractivity contribution in [3.63, 3.8) is 0 Å². The van der Waals surface area contributed by atoms with Gasteiger partial charge in [0.2, 0.25) is 0 Å². The van der Waals surface area contributed by atoms with Crippen molar-refractivity contribution in [3.8, 4) is 5.75 Å². The van der Waals surface area contributed by atoms with E-state index in [2.05, 4.69) is 67.6 Å². The molecule has 1 aliphatic heterocycles. The summed E-state index contributed by atoms with van der Waals surface area (Å²) < 4.78 is 13.8. The summed E-state index contributed by atoms with van der Waals surface area (Å²) >= 11 is 0. The molecule has 0 aliphatic carbocycles. The molecule has 180 valence electrons. The Morgan fingerprint density at radius 2 is 1.80 bits per heavy atom. The van der Waals surface area contributed by atoms with E-state index in [-0.39, 0.29) is 6.23 Å². The number of nitrogens with zero attached hydrogens (tertiary/aromatic N) is 2. The average molecular weight is 468 g/mol. The zero-order chi connectivity index (χ0) is 24.0. The average Bonchev–Trinajstić information content (AvgIpc) is 3.35. The fraction of sp³-hybridized carbons (Fsp3) is 0.300. The molecule has 0 bridgehead atoms. The van der Waals surface area contributed by atoms with Crippen molar-refractivity contribution in [2.45, 2.75) is 38.8 Å². The number of aromatic nitrogens is 2. The van der Waals surface area contributed by atoms with E-state index in [1.807, 2.05) is 23.0 Å². The lowest BCUT2D eigenvalue weighted by Gasteiger charge is -2.23. The number of hydrogen-bond donors (Lipinski definition) is 1. The highest BCUT2D eigenvalue weighted by atomic mass is 16.5. The van der Waals surface area contributed by atoms with Gasteiger partial charge in [0, 0.05) is 18.5 Å². The molecule has 1 aromatic heterocycles.